The summed E-state index contributed by atoms with van der Waals surface area (Å²) in [5, 5.41) is -1.20. The lowest BCUT2D eigenvalue weighted by Gasteiger charge is -2.14. The molecule has 0 unspecified atom stereocenters. The molecular weight excluding hydrogens is 548 g/mol. The second-order valence-corrected chi connectivity index (χ2v) is 8.19. The molecule has 0 aromatic heterocycles. The molecule has 38 heavy (non-hydrogen) atoms. The zero-order valence-corrected chi connectivity index (χ0v) is 18.0. The smallest absolute Gasteiger partial charge is 0.289 e. The molecule has 0 bridgehead atoms. The van der Waals surface area contributed by atoms with Crippen LogP contribution in [-0.2, 0) is 24.7 Å². The quantitative estimate of drug-likeness (QED) is 0.241. The Kier molecular flexibility index (Phi) is 5.96. The highest BCUT2D eigenvalue weighted by Gasteiger charge is 2.38. The molecule has 0 atom stereocenters. The van der Waals surface area contributed by atoms with Gasteiger partial charge in [0.1, 0.15) is 0 Å². The molecule has 0 spiro atoms. The largest absolute Gasteiger partial charge is 0.416 e. The molecule has 2 aliphatic rings. The van der Waals surface area contributed by atoms with Gasteiger partial charge in [-0.1, -0.05) is 0 Å². The minimum absolute atomic E-state index is 0.181. The van der Waals surface area contributed by atoms with Gasteiger partial charge in [0.15, 0.2) is 10.9 Å². The van der Waals surface area contributed by atoms with Crippen molar-refractivity contribution >= 4 is 0 Å². The van der Waals surface area contributed by atoms with Crippen LogP contribution in [0.15, 0.2) is 58.1 Å². The van der Waals surface area contributed by atoms with Crippen molar-refractivity contribution in [1.82, 2.24) is 0 Å². The predicted octanol–water partition coefficient (Wildman–Crippen LogP) is 7.42. The summed E-state index contributed by atoms with van der Waals surface area (Å²) in [6.45, 7) is 0. The Morgan fingerprint density at radius 2 is 0.605 bits per heavy atom. The fourth-order valence-electron chi connectivity index (χ4n) is 3.89. The Hall–Kier alpha value is -3.84. The van der Waals surface area contributed by atoms with Crippen molar-refractivity contribution in [3.63, 3.8) is 0 Å². The highest BCUT2D eigenvalue weighted by atomic mass is 19.4. The first kappa shape index (κ1) is 27.2. The van der Waals surface area contributed by atoms with Gasteiger partial charge in [-0.25, -0.2) is 0 Å². The van der Waals surface area contributed by atoms with Gasteiger partial charge in [-0.3, -0.25) is 9.59 Å². The molecule has 14 heteroatoms. The van der Waals surface area contributed by atoms with Crippen LogP contribution in [-0.4, -0.2) is 0 Å². The van der Waals surface area contributed by atoms with Crippen LogP contribution in [0.4, 0.5) is 52.7 Å². The van der Waals surface area contributed by atoms with Gasteiger partial charge in [-0.05, 0) is 59.7 Å². The summed E-state index contributed by atoms with van der Waals surface area (Å²) >= 11 is 0. The molecular formula is C24H8F12O2. The second kappa shape index (κ2) is 8.33. The van der Waals surface area contributed by atoms with Crippen LogP contribution in [0, 0.1) is 10.4 Å². The number of rotatable bonds is 2. The summed E-state index contributed by atoms with van der Waals surface area (Å²) in [6, 6.07) is 1.93. The predicted molar refractivity (Wildman–Crippen MR) is 108 cm³/mol. The third-order valence-electron chi connectivity index (χ3n) is 5.64. The lowest BCUT2D eigenvalue weighted by Crippen LogP contribution is -2.12. The van der Waals surface area contributed by atoms with Crippen LogP contribution < -0.4 is 10.9 Å². The van der Waals surface area contributed by atoms with Crippen LogP contribution in [0.2, 0.25) is 0 Å². The molecule has 0 amide bonds. The molecule has 0 fully saturated rings. The van der Waals surface area contributed by atoms with Crippen molar-refractivity contribution < 1.29 is 52.7 Å². The highest BCUT2D eigenvalue weighted by molar-refractivity contribution is 5.71. The van der Waals surface area contributed by atoms with Gasteiger partial charge in [-0.15, -0.1) is 0 Å². The maximum Gasteiger partial charge on any atom is 0.416 e. The summed E-state index contributed by atoms with van der Waals surface area (Å²) in [6.07, 6.45) is -21.0. The van der Waals surface area contributed by atoms with E-state index in [9.17, 15) is 62.3 Å². The number of halogens is 12. The summed E-state index contributed by atoms with van der Waals surface area (Å²) in [5.74, 6) is 0. The Balaban J connectivity index is 1.94. The van der Waals surface area contributed by atoms with Crippen LogP contribution in [0.3, 0.4) is 0 Å². The Morgan fingerprint density at radius 3 is 0.816 bits per heavy atom. The van der Waals surface area contributed by atoms with Gasteiger partial charge < -0.3 is 0 Å². The molecule has 0 aliphatic heterocycles. The molecule has 2 aromatic carbocycles. The topological polar surface area (TPSA) is 34.1 Å². The Bertz CT molecular complexity index is 1500. The van der Waals surface area contributed by atoms with E-state index in [1.165, 1.54) is 0 Å². The Labute approximate surface area is 202 Å². The van der Waals surface area contributed by atoms with E-state index >= 15 is 0 Å². The third kappa shape index (κ3) is 4.86. The zero-order valence-electron chi connectivity index (χ0n) is 18.0. The van der Waals surface area contributed by atoms with E-state index in [-0.39, 0.29) is 36.4 Å². The third-order valence-corrected chi connectivity index (χ3v) is 5.64. The van der Waals surface area contributed by atoms with Crippen molar-refractivity contribution in [2.75, 3.05) is 0 Å². The number of alkyl halides is 12. The van der Waals surface area contributed by atoms with Gasteiger partial charge >= 0.3 is 24.7 Å². The number of hydrogen-bond acceptors (Lipinski definition) is 2. The maximum absolute atomic E-state index is 13.2. The normalized spacial score (nSPS) is 13.5. The zero-order chi connectivity index (χ0) is 28.6. The summed E-state index contributed by atoms with van der Waals surface area (Å²) < 4.78 is 158. The maximum atomic E-state index is 13.2. The number of hydrogen-bond donors (Lipinski definition) is 0. The minimum atomic E-state index is -5.24. The fraction of sp³-hybridized carbons (Fsp3) is 0.167. The molecule has 0 saturated heterocycles. The summed E-state index contributed by atoms with van der Waals surface area (Å²) in [5.41, 5.74) is -12.6. The van der Waals surface area contributed by atoms with Crippen LogP contribution in [0.25, 0.3) is 22.3 Å². The van der Waals surface area contributed by atoms with E-state index in [0.717, 1.165) is 0 Å². The van der Waals surface area contributed by atoms with E-state index < -0.39 is 90.5 Å². The van der Waals surface area contributed by atoms with Gasteiger partial charge in [0.2, 0.25) is 0 Å². The van der Waals surface area contributed by atoms with Crippen LogP contribution >= 0.6 is 0 Å². The average molecular weight is 556 g/mol. The van der Waals surface area contributed by atoms with E-state index in [0.29, 0.717) is 12.1 Å². The first-order valence-electron chi connectivity index (χ1n) is 10.0. The molecule has 0 heterocycles. The van der Waals surface area contributed by atoms with Gasteiger partial charge in [-0.2, -0.15) is 52.7 Å². The molecule has 2 aliphatic carbocycles. The Morgan fingerprint density at radius 1 is 0.368 bits per heavy atom. The molecule has 2 nitrogen and oxygen atoms in total. The standard InChI is InChI=1S/C24H8F12O2/c25-21(26,27)11-1-9(2-12(5-11)22(28,29)30)15-7-17-18(19(15)37)8-16(20(17)38)10-3-13(23(31,32)33)6-14(4-10)24(34,35)36/h1-8H. The molecule has 4 rings (SSSR count). The molecule has 0 saturated carbocycles. The molecule has 200 valence electrons. The first-order valence-corrected chi connectivity index (χ1v) is 10.0. The summed E-state index contributed by atoms with van der Waals surface area (Å²) in [7, 11) is 0. The minimum Gasteiger partial charge on any atom is -0.289 e. The van der Waals surface area contributed by atoms with Crippen molar-refractivity contribution in [3.05, 3.63) is 102 Å². The van der Waals surface area contributed by atoms with Gasteiger partial charge in [0.05, 0.1) is 22.3 Å². The van der Waals surface area contributed by atoms with Gasteiger partial charge in [0, 0.05) is 21.6 Å². The van der Waals surface area contributed by atoms with Gasteiger partial charge in [0.25, 0.3) is 0 Å². The molecule has 0 radical (unpaired) electrons. The van der Waals surface area contributed by atoms with Crippen molar-refractivity contribution in [3.8, 4) is 22.3 Å². The lowest BCUT2D eigenvalue weighted by atomic mass is 9.99. The second-order valence-electron chi connectivity index (χ2n) is 8.19. The van der Waals surface area contributed by atoms with Crippen molar-refractivity contribution in [2.24, 2.45) is 0 Å². The van der Waals surface area contributed by atoms with E-state index in [1.54, 1.807) is 0 Å². The highest BCUT2D eigenvalue weighted by Crippen LogP contribution is 2.40. The molecule has 0 N–H and O–H groups in total. The average Bonchev–Trinajstić information content (AvgIpc) is 3.27. The van der Waals surface area contributed by atoms with Crippen LogP contribution in [0.1, 0.15) is 22.3 Å². The lowest BCUT2D eigenvalue weighted by molar-refractivity contribution is -0.144. The van der Waals surface area contributed by atoms with Crippen LogP contribution in [0.5, 0.6) is 0 Å². The monoisotopic (exact) mass is 556 g/mol. The molecule has 2 aromatic rings. The van der Waals surface area contributed by atoms with E-state index in [4.69, 9.17) is 0 Å². The summed E-state index contributed by atoms with van der Waals surface area (Å²) in [4.78, 5) is 25.7. The van der Waals surface area contributed by atoms with E-state index in [1.807, 2.05) is 0 Å². The fourth-order valence-corrected chi connectivity index (χ4v) is 3.89. The van der Waals surface area contributed by atoms with E-state index in [2.05, 4.69) is 0 Å². The first-order chi connectivity index (χ1) is 17.2. The van der Waals surface area contributed by atoms with Crippen molar-refractivity contribution in [2.45, 2.75) is 24.7 Å². The SMILES string of the molecule is O=c1c(-c2cc(C(F)(F)F)cc(C(F)(F)F)c2)cc2c(=O)c(-c3cc(C(F)(F)F)cc(C(F)(F)F)c3)cc1=2. The number of benzene rings is 2. The van der Waals surface area contributed by atoms with Crippen molar-refractivity contribution in [1.29, 1.82) is 0 Å².